The molecular weight excluding hydrogens is 847 g/mol. The number of hydrogen-bond donors (Lipinski definition) is 2. The number of carboxylic acids is 1. The Morgan fingerprint density at radius 3 is 1.64 bits per heavy atom. The average molecular weight is 927 g/mol. The summed E-state index contributed by atoms with van der Waals surface area (Å²) in [5, 5.41) is 15.1. The van der Waals surface area contributed by atoms with Crippen LogP contribution in [-0.4, -0.2) is 72.0 Å². The first kappa shape index (κ1) is 60.3. The predicted octanol–water partition coefficient (Wildman–Crippen LogP) is 8.09. The quantitative estimate of drug-likeness (QED) is 0.0211. The van der Waals surface area contributed by atoms with E-state index in [0.717, 1.165) is 43.6 Å². The van der Waals surface area contributed by atoms with Gasteiger partial charge in [0.15, 0.2) is 6.10 Å². The first-order chi connectivity index (χ1) is 29.2. The van der Waals surface area contributed by atoms with Gasteiger partial charge >= 0.3 is 49.3 Å². The summed E-state index contributed by atoms with van der Waals surface area (Å²) in [6, 6.07) is 4.39. The van der Waals surface area contributed by atoms with E-state index in [1.165, 1.54) is 137 Å². The van der Waals surface area contributed by atoms with Gasteiger partial charge in [0, 0.05) is 31.3 Å². The van der Waals surface area contributed by atoms with Crippen LogP contribution in [0.1, 0.15) is 194 Å². The largest absolute Gasteiger partial charge is 1.00 e. The molecule has 3 atom stereocenters. The standard InChI is InChI=1S/C45H81N2O10PS2.Na/c1-3-5-7-9-11-13-15-17-19-21-23-25-27-32-43(48)54-37-40(57-44(49)33-28-26-24-22-20-18-16-14-12-10-8-6-4-2)38-56-58(52,53)55-36-35-46-41(45(50)51)39-59-60-42-31-29-30-34-47-42;/h29-31,34,40-41,46H,3-28,32-33,35-39H2,1-2H3,(H,50,51)(H,52,53);/q;+1/p-1/t40-,41?;/m1./s1. The van der Waals surface area contributed by atoms with E-state index in [9.17, 15) is 28.9 Å². The van der Waals surface area contributed by atoms with Gasteiger partial charge in [-0.15, -0.1) is 0 Å². The third-order valence-electron chi connectivity index (χ3n) is 10.2. The molecule has 0 bridgehead atoms. The van der Waals surface area contributed by atoms with Crippen LogP contribution >= 0.6 is 29.4 Å². The molecule has 0 radical (unpaired) electrons. The topological polar surface area (TPSA) is 173 Å². The van der Waals surface area contributed by atoms with Crippen molar-refractivity contribution < 1.29 is 77.0 Å². The number of nitrogens with one attached hydrogen (secondary N) is 1. The third kappa shape index (κ3) is 39.4. The van der Waals surface area contributed by atoms with Crippen LogP contribution in [0.3, 0.4) is 0 Å². The van der Waals surface area contributed by atoms with E-state index < -0.39 is 44.5 Å². The number of unbranched alkanes of at least 4 members (excludes halogenated alkanes) is 24. The number of nitrogens with zero attached hydrogens (tertiary/aromatic N) is 1. The fourth-order valence-corrected chi connectivity index (χ4v) is 9.41. The minimum Gasteiger partial charge on any atom is -0.548 e. The van der Waals surface area contributed by atoms with Crippen LogP contribution in [0, 0.1) is 0 Å². The number of aromatic nitrogens is 1. The number of phosphoric ester groups is 1. The van der Waals surface area contributed by atoms with Crippen molar-refractivity contribution in [1.82, 2.24) is 10.3 Å². The number of carbonyl (C=O) groups excluding carboxylic acids is 3. The zero-order valence-corrected chi connectivity index (χ0v) is 42.7. The van der Waals surface area contributed by atoms with E-state index in [1.54, 1.807) is 12.3 Å². The number of ether oxygens (including phenoxy) is 2. The Bertz CT molecular complexity index is 1240. The van der Waals surface area contributed by atoms with Gasteiger partial charge in [0.05, 0.1) is 25.2 Å². The maximum Gasteiger partial charge on any atom is 1.00 e. The minimum absolute atomic E-state index is 0. The molecule has 0 saturated heterocycles. The zero-order chi connectivity index (χ0) is 43.8. The fraction of sp³-hybridized carbons (Fsp3) is 0.822. The van der Waals surface area contributed by atoms with Crippen LogP contribution in [0.4, 0.5) is 0 Å². The van der Waals surface area contributed by atoms with Gasteiger partial charge in [-0.1, -0.05) is 185 Å². The van der Waals surface area contributed by atoms with Gasteiger partial charge < -0.3 is 29.6 Å². The fourth-order valence-electron chi connectivity index (χ4n) is 6.57. The minimum atomic E-state index is -4.63. The summed E-state index contributed by atoms with van der Waals surface area (Å²) in [7, 11) is -2.03. The second kappa shape index (κ2) is 43.2. The molecule has 0 aliphatic heterocycles. The van der Waals surface area contributed by atoms with Crippen molar-refractivity contribution in [2.45, 2.75) is 211 Å². The number of pyridine rings is 1. The maximum absolute atomic E-state index is 12.8. The number of phosphoric acid groups is 1. The molecule has 348 valence electrons. The van der Waals surface area contributed by atoms with Crippen molar-refractivity contribution in [3.63, 3.8) is 0 Å². The van der Waals surface area contributed by atoms with Crippen LogP contribution < -0.4 is 40.0 Å². The smallest absolute Gasteiger partial charge is 0.548 e. The second-order valence-electron chi connectivity index (χ2n) is 15.7. The summed E-state index contributed by atoms with van der Waals surface area (Å²) in [5.74, 6) is -2.09. The van der Waals surface area contributed by atoms with Crippen molar-refractivity contribution in [2.24, 2.45) is 0 Å². The Hall–Kier alpha value is -0.670. The molecule has 0 aliphatic carbocycles. The van der Waals surface area contributed by atoms with Crippen molar-refractivity contribution in [3.05, 3.63) is 24.4 Å². The van der Waals surface area contributed by atoms with Gasteiger partial charge in [-0.2, -0.15) is 0 Å². The van der Waals surface area contributed by atoms with Crippen LogP contribution in [0.2, 0.25) is 0 Å². The molecule has 1 rings (SSSR count). The molecule has 0 amide bonds. The summed E-state index contributed by atoms with van der Waals surface area (Å²) in [6.45, 7) is 3.22. The van der Waals surface area contributed by atoms with Crippen molar-refractivity contribution >= 4 is 47.3 Å². The van der Waals surface area contributed by atoms with Gasteiger partial charge in [-0.05, 0) is 35.8 Å². The average Bonchev–Trinajstić information content (AvgIpc) is 3.23. The molecule has 61 heavy (non-hydrogen) atoms. The van der Waals surface area contributed by atoms with E-state index >= 15 is 0 Å². The van der Waals surface area contributed by atoms with Crippen LogP contribution in [0.15, 0.2) is 29.4 Å². The predicted molar refractivity (Wildman–Crippen MR) is 243 cm³/mol. The molecule has 1 aromatic rings. The summed E-state index contributed by atoms with van der Waals surface area (Å²) in [6.07, 6.45) is 31.9. The first-order valence-corrected chi connectivity index (χ1v) is 27.1. The first-order valence-electron chi connectivity index (χ1n) is 23.3. The number of esters is 2. The van der Waals surface area contributed by atoms with E-state index in [1.807, 2.05) is 12.1 Å². The molecule has 1 aromatic heterocycles. The number of carbonyl (C=O) groups is 3. The van der Waals surface area contributed by atoms with Crippen LogP contribution in [0.25, 0.3) is 0 Å². The van der Waals surface area contributed by atoms with E-state index in [0.29, 0.717) is 12.8 Å². The van der Waals surface area contributed by atoms with E-state index in [4.69, 9.17) is 18.5 Å². The molecule has 0 fully saturated rings. The normalized spacial score (nSPS) is 13.2. The molecule has 0 aromatic carbocycles. The third-order valence-corrected chi connectivity index (χ3v) is 13.4. The zero-order valence-electron chi connectivity index (χ0n) is 38.1. The molecule has 2 unspecified atom stereocenters. The molecule has 12 nitrogen and oxygen atoms in total. The van der Waals surface area contributed by atoms with Crippen molar-refractivity contribution in [1.29, 1.82) is 0 Å². The summed E-state index contributed by atoms with van der Waals surface area (Å²) < 4.78 is 33.9. The van der Waals surface area contributed by atoms with E-state index in [2.05, 4.69) is 24.1 Å². The van der Waals surface area contributed by atoms with Crippen molar-refractivity contribution in [2.75, 3.05) is 32.1 Å². The Labute approximate surface area is 399 Å². The number of aliphatic carboxylic acids is 1. The number of rotatable bonds is 44. The Balaban J connectivity index is 0.0000360. The number of carboxylic acid groups (broad SMARTS) is 1. The summed E-state index contributed by atoms with van der Waals surface area (Å²) >= 11 is 0. The molecule has 2 N–H and O–H groups in total. The van der Waals surface area contributed by atoms with Gasteiger partial charge in [0.1, 0.15) is 11.6 Å². The SMILES string of the molecule is CCCCCCCCCCCCCCCC(=O)OC[C@H](COP(=O)(O)OCCNC(CSSc1ccccn1)C(=O)[O-])OC(=O)CCCCCCCCCCCCCCC.[Na+]. The maximum atomic E-state index is 12.8. The molecule has 0 saturated carbocycles. The number of hydrogen-bond acceptors (Lipinski definition) is 13. The summed E-state index contributed by atoms with van der Waals surface area (Å²) in [4.78, 5) is 51.5. The molecule has 1 heterocycles. The van der Waals surface area contributed by atoms with Gasteiger partial charge in [-0.3, -0.25) is 18.6 Å². The molecule has 0 spiro atoms. The van der Waals surface area contributed by atoms with Gasteiger partial charge in [0.25, 0.3) is 0 Å². The second-order valence-corrected chi connectivity index (χ2v) is 19.6. The summed E-state index contributed by atoms with van der Waals surface area (Å²) in [5.41, 5.74) is 0. The van der Waals surface area contributed by atoms with Crippen LogP contribution in [-0.2, 0) is 37.5 Å². The van der Waals surface area contributed by atoms with Crippen molar-refractivity contribution in [3.8, 4) is 0 Å². The van der Waals surface area contributed by atoms with Gasteiger partial charge in [-0.25, -0.2) is 9.55 Å². The molecular formula is C45H80N2NaO10PS2. The van der Waals surface area contributed by atoms with Crippen LogP contribution in [0.5, 0.6) is 0 Å². The Morgan fingerprint density at radius 1 is 0.705 bits per heavy atom. The van der Waals surface area contributed by atoms with Gasteiger partial charge in [0.2, 0.25) is 0 Å². The van der Waals surface area contributed by atoms with E-state index in [-0.39, 0.29) is 67.9 Å². The molecule has 16 heteroatoms. The monoisotopic (exact) mass is 926 g/mol. The Kier molecular flexibility index (Phi) is 42.8. The Morgan fingerprint density at radius 2 is 1.18 bits per heavy atom. The molecule has 0 aliphatic rings.